The number of aliphatic hydroxyl groups is 1. The first-order chi connectivity index (χ1) is 9.74. The van der Waals surface area contributed by atoms with Crippen LogP contribution in [0.5, 0.6) is 11.5 Å². The van der Waals surface area contributed by atoms with Crippen LogP contribution in [0, 0.1) is 0 Å². The van der Waals surface area contributed by atoms with Gasteiger partial charge in [-0.2, -0.15) is 0 Å². The summed E-state index contributed by atoms with van der Waals surface area (Å²) in [6.45, 7) is 0. The molecular weight excluding hydrogens is 254 g/mol. The monoisotopic (exact) mass is 273 g/mol. The molecule has 0 saturated carbocycles. The number of ether oxygens (including phenoxy) is 2. The summed E-state index contributed by atoms with van der Waals surface area (Å²) >= 11 is 0. The summed E-state index contributed by atoms with van der Waals surface area (Å²) in [6, 6.07) is 11.2. The molecule has 2 rings (SSSR count). The Morgan fingerprint density at radius 2 is 2.00 bits per heavy atom. The fourth-order valence-corrected chi connectivity index (χ4v) is 2.07. The summed E-state index contributed by atoms with van der Waals surface area (Å²) in [4.78, 5) is 4.16. The molecule has 1 N–H and O–H groups in total. The second kappa shape index (κ2) is 6.91. The van der Waals surface area contributed by atoms with Crippen molar-refractivity contribution < 1.29 is 14.6 Å². The third-order valence-electron chi connectivity index (χ3n) is 3.21. The molecule has 0 aliphatic rings. The number of aryl methyl sites for hydroxylation is 1. The van der Waals surface area contributed by atoms with Crippen LogP contribution in [-0.4, -0.2) is 24.3 Å². The number of pyridine rings is 1. The number of aromatic nitrogens is 1. The van der Waals surface area contributed by atoms with Crippen molar-refractivity contribution in [1.82, 2.24) is 4.98 Å². The molecule has 0 aliphatic heterocycles. The standard InChI is InChI=1S/C16H19NO3/c1-19-13-8-6-12(16(11-13)20-2)7-9-15(18)14-5-3-4-10-17-14/h3-6,8,10-11,15,18H,7,9H2,1-2H3/t15-/m1/s1. The predicted molar refractivity (Wildman–Crippen MR) is 77.1 cm³/mol. The zero-order chi connectivity index (χ0) is 14.4. The molecule has 0 saturated heterocycles. The molecule has 0 spiro atoms. The minimum atomic E-state index is -0.567. The van der Waals surface area contributed by atoms with Gasteiger partial charge in [-0.25, -0.2) is 0 Å². The van der Waals surface area contributed by atoms with Crippen molar-refractivity contribution in [3.63, 3.8) is 0 Å². The lowest BCUT2D eigenvalue weighted by Crippen LogP contribution is -2.02. The minimum absolute atomic E-state index is 0.567. The van der Waals surface area contributed by atoms with Crippen LogP contribution in [0.2, 0.25) is 0 Å². The van der Waals surface area contributed by atoms with Crippen molar-refractivity contribution in [1.29, 1.82) is 0 Å². The maximum atomic E-state index is 10.1. The van der Waals surface area contributed by atoms with Crippen LogP contribution in [0.3, 0.4) is 0 Å². The summed E-state index contributed by atoms with van der Waals surface area (Å²) in [5.74, 6) is 1.54. The van der Waals surface area contributed by atoms with Crippen LogP contribution in [-0.2, 0) is 6.42 Å². The largest absolute Gasteiger partial charge is 0.497 e. The highest BCUT2D eigenvalue weighted by Gasteiger charge is 2.11. The molecule has 20 heavy (non-hydrogen) atoms. The molecule has 1 heterocycles. The van der Waals surface area contributed by atoms with Crippen molar-refractivity contribution in [2.24, 2.45) is 0 Å². The van der Waals surface area contributed by atoms with Gasteiger partial charge in [-0.1, -0.05) is 12.1 Å². The molecule has 0 bridgehead atoms. The van der Waals surface area contributed by atoms with Crippen LogP contribution in [0.15, 0.2) is 42.6 Å². The maximum absolute atomic E-state index is 10.1. The average Bonchev–Trinajstić information content (AvgIpc) is 2.53. The van der Waals surface area contributed by atoms with E-state index in [1.54, 1.807) is 20.4 Å². The van der Waals surface area contributed by atoms with Gasteiger partial charge >= 0.3 is 0 Å². The molecule has 0 unspecified atom stereocenters. The van der Waals surface area contributed by atoms with E-state index in [2.05, 4.69) is 4.98 Å². The fraction of sp³-hybridized carbons (Fsp3) is 0.312. The molecular formula is C16H19NO3. The molecule has 0 aliphatic carbocycles. The number of benzene rings is 1. The third-order valence-corrected chi connectivity index (χ3v) is 3.21. The first-order valence-electron chi connectivity index (χ1n) is 6.54. The molecule has 1 atom stereocenters. The normalized spacial score (nSPS) is 11.9. The Kier molecular flexibility index (Phi) is 4.96. The molecule has 4 heteroatoms. The van der Waals surface area contributed by atoms with Gasteiger partial charge < -0.3 is 14.6 Å². The number of hydrogen-bond acceptors (Lipinski definition) is 4. The maximum Gasteiger partial charge on any atom is 0.125 e. The second-order valence-corrected chi connectivity index (χ2v) is 4.49. The zero-order valence-electron chi connectivity index (χ0n) is 11.7. The molecule has 106 valence electrons. The average molecular weight is 273 g/mol. The van der Waals surface area contributed by atoms with Crippen molar-refractivity contribution in [2.75, 3.05) is 14.2 Å². The van der Waals surface area contributed by atoms with Gasteiger partial charge in [-0.15, -0.1) is 0 Å². The molecule has 0 radical (unpaired) electrons. The Balaban J connectivity index is 2.03. The molecule has 2 aromatic rings. The molecule has 1 aromatic carbocycles. The predicted octanol–water partition coefficient (Wildman–Crippen LogP) is 2.77. The van der Waals surface area contributed by atoms with E-state index in [0.29, 0.717) is 18.5 Å². The number of methoxy groups -OCH3 is 2. The van der Waals surface area contributed by atoms with Crippen LogP contribution in [0.25, 0.3) is 0 Å². The molecule has 0 fully saturated rings. The van der Waals surface area contributed by atoms with E-state index in [4.69, 9.17) is 9.47 Å². The summed E-state index contributed by atoms with van der Waals surface area (Å²) in [5, 5.41) is 10.1. The summed E-state index contributed by atoms with van der Waals surface area (Å²) < 4.78 is 10.5. The fourth-order valence-electron chi connectivity index (χ4n) is 2.07. The topological polar surface area (TPSA) is 51.6 Å². The van der Waals surface area contributed by atoms with Gasteiger partial charge in [0.15, 0.2) is 0 Å². The van der Waals surface area contributed by atoms with E-state index in [-0.39, 0.29) is 0 Å². The Morgan fingerprint density at radius 3 is 2.65 bits per heavy atom. The van der Waals surface area contributed by atoms with Crippen molar-refractivity contribution in [3.8, 4) is 11.5 Å². The highest BCUT2D eigenvalue weighted by Crippen LogP contribution is 2.27. The van der Waals surface area contributed by atoms with E-state index in [1.165, 1.54) is 0 Å². The summed E-state index contributed by atoms with van der Waals surface area (Å²) in [6.07, 6.45) is 2.43. The quantitative estimate of drug-likeness (QED) is 0.879. The number of hydrogen-bond donors (Lipinski definition) is 1. The number of nitrogens with zero attached hydrogens (tertiary/aromatic N) is 1. The van der Waals surface area contributed by atoms with Crippen LogP contribution >= 0.6 is 0 Å². The van der Waals surface area contributed by atoms with Gasteiger partial charge in [-0.3, -0.25) is 4.98 Å². The van der Waals surface area contributed by atoms with Crippen molar-refractivity contribution in [2.45, 2.75) is 18.9 Å². The highest BCUT2D eigenvalue weighted by atomic mass is 16.5. The smallest absolute Gasteiger partial charge is 0.125 e. The minimum Gasteiger partial charge on any atom is -0.497 e. The second-order valence-electron chi connectivity index (χ2n) is 4.49. The van der Waals surface area contributed by atoms with E-state index < -0.39 is 6.10 Å². The van der Waals surface area contributed by atoms with Crippen LogP contribution < -0.4 is 9.47 Å². The van der Waals surface area contributed by atoms with E-state index in [1.807, 2.05) is 36.4 Å². The first-order valence-corrected chi connectivity index (χ1v) is 6.54. The van der Waals surface area contributed by atoms with Crippen LogP contribution in [0.4, 0.5) is 0 Å². The Labute approximate surface area is 119 Å². The lowest BCUT2D eigenvalue weighted by Gasteiger charge is -2.13. The molecule has 4 nitrogen and oxygen atoms in total. The van der Waals surface area contributed by atoms with Crippen LogP contribution in [0.1, 0.15) is 23.8 Å². The van der Waals surface area contributed by atoms with Crippen molar-refractivity contribution >= 4 is 0 Å². The zero-order valence-corrected chi connectivity index (χ0v) is 11.7. The summed E-state index contributed by atoms with van der Waals surface area (Å²) in [7, 11) is 3.26. The van der Waals surface area contributed by atoms with Gasteiger partial charge in [0.1, 0.15) is 11.5 Å². The van der Waals surface area contributed by atoms with Crippen molar-refractivity contribution in [3.05, 3.63) is 53.9 Å². The Bertz CT molecular complexity index is 543. The van der Waals surface area contributed by atoms with E-state index >= 15 is 0 Å². The third kappa shape index (κ3) is 3.48. The Hall–Kier alpha value is -2.07. The van der Waals surface area contributed by atoms with E-state index in [9.17, 15) is 5.11 Å². The first kappa shape index (κ1) is 14.3. The number of rotatable bonds is 6. The lowest BCUT2D eigenvalue weighted by molar-refractivity contribution is 0.163. The molecule has 1 aromatic heterocycles. The van der Waals surface area contributed by atoms with Gasteiger partial charge in [0.05, 0.1) is 26.0 Å². The lowest BCUT2D eigenvalue weighted by atomic mass is 10.0. The van der Waals surface area contributed by atoms with E-state index in [0.717, 1.165) is 17.1 Å². The summed E-state index contributed by atoms with van der Waals surface area (Å²) in [5.41, 5.74) is 1.74. The van der Waals surface area contributed by atoms with Gasteiger partial charge in [-0.05, 0) is 36.6 Å². The van der Waals surface area contributed by atoms with Gasteiger partial charge in [0.2, 0.25) is 0 Å². The SMILES string of the molecule is COc1ccc(CC[C@@H](O)c2ccccn2)c(OC)c1. The van der Waals surface area contributed by atoms with Gasteiger partial charge in [0.25, 0.3) is 0 Å². The molecule has 0 amide bonds. The number of aliphatic hydroxyl groups excluding tert-OH is 1. The Morgan fingerprint density at radius 1 is 1.15 bits per heavy atom. The highest BCUT2D eigenvalue weighted by molar-refractivity contribution is 5.40. The van der Waals surface area contributed by atoms with Gasteiger partial charge in [0, 0.05) is 12.3 Å².